The van der Waals surface area contributed by atoms with Crippen molar-refractivity contribution < 1.29 is 19.1 Å². The van der Waals surface area contributed by atoms with Gasteiger partial charge < -0.3 is 20.3 Å². The van der Waals surface area contributed by atoms with Crippen molar-refractivity contribution in [3.63, 3.8) is 0 Å². The van der Waals surface area contributed by atoms with Crippen LogP contribution in [0.3, 0.4) is 0 Å². The first kappa shape index (κ1) is 24.3. The molecule has 0 aliphatic carbocycles. The molecule has 0 saturated carbocycles. The molecule has 3 aromatic rings. The summed E-state index contributed by atoms with van der Waals surface area (Å²) in [5.41, 5.74) is 2.77. The molecular weight excluding hydrogens is 466 g/mol. The number of hydrogen-bond acceptors (Lipinski definition) is 7. The number of rotatable bonds is 7. The first-order valence-corrected chi connectivity index (χ1v) is 12.2. The van der Waals surface area contributed by atoms with E-state index in [-0.39, 0.29) is 27.7 Å². The van der Waals surface area contributed by atoms with Crippen molar-refractivity contribution in [2.24, 2.45) is 5.92 Å². The van der Waals surface area contributed by atoms with E-state index in [1.807, 2.05) is 31.2 Å². The van der Waals surface area contributed by atoms with E-state index in [2.05, 4.69) is 20.8 Å². The van der Waals surface area contributed by atoms with Crippen molar-refractivity contribution in [2.75, 3.05) is 25.5 Å². The third-order valence-electron chi connectivity index (χ3n) is 5.82. The van der Waals surface area contributed by atoms with Crippen LogP contribution in [0.25, 0.3) is 0 Å². The minimum atomic E-state index is -0.446. The molecule has 10 heteroatoms. The molecule has 182 valence electrons. The smallest absolute Gasteiger partial charge is 0.286 e. The van der Waals surface area contributed by atoms with E-state index in [4.69, 9.17) is 4.74 Å². The van der Waals surface area contributed by atoms with Crippen LogP contribution in [0.2, 0.25) is 0 Å². The summed E-state index contributed by atoms with van der Waals surface area (Å²) in [7, 11) is 1.57. The lowest BCUT2D eigenvalue weighted by atomic mass is 9.97. The number of likely N-dealkylation sites (tertiary alicyclic amines) is 1. The van der Waals surface area contributed by atoms with Gasteiger partial charge in [-0.25, -0.2) is 0 Å². The summed E-state index contributed by atoms with van der Waals surface area (Å²) >= 11 is 0.937. The first-order chi connectivity index (χ1) is 16.9. The highest BCUT2D eigenvalue weighted by atomic mass is 32.1. The van der Waals surface area contributed by atoms with Gasteiger partial charge in [-0.15, -0.1) is 10.2 Å². The zero-order valence-corrected chi connectivity index (χ0v) is 20.4. The molecule has 2 aromatic carbocycles. The molecule has 0 spiro atoms. The Morgan fingerprint density at radius 3 is 2.49 bits per heavy atom. The number of benzene rings is 2. The molecule has 1 saturated heterocycles. The van der Waals surface area contributed by atoms with Crippen LogP contribution >= 0.6 is 11.3 Å². The Hall–Kier alpha value is -3.79. The monoisotopic (exact) mass is 493 g/mol. The van der Waals surface area contributed by atoms with Crippen molar-refractivity contribution in [2.45, 2.75) is 26.3 Å². The average Bonchev–Trinajstić information content (AvgIpc) is 3.39. The number of anilines is 1. The van der Waals surface area contributed by atoms with Crippen molar-refractivity contribution in [1.29, 1.82) is 0 Å². The number of aryl methyl sites for hydroxylation is 1. The van der Waals surface area contributed by atoms with Gasteiger partial charge in [-0.1, -0.05) is 41.2 Å². The van der Waals surface area contributed by atoms with Crippen LogP contribution in [0, 0.1) is 12.8 Å². The Labute approximate surface area is 207 Å². The zero-order chi connectivity index (χ0) is 24.8. The average molecular weight is 494 g/mol. The summed E-state index contributed by atoms with van der Waals surface area (Å²) in [4.78, 5) is 39.8. The van der Waals surface area contributed by atoms with E-state index >= 15 is 0 Å². The third-order valence-corrected chi connectivity index (χ3v) is 6.73. The predicted molar refractivity (Wildman–Crippen MR) is 133 cm³/mol. The van der Waals surface area contributed by atoms with Crippen LogP contribution in [0.4, 0.5) is 5.69 Å². The SMILES string of the molecule is COc1ccc(NC(=O)c2nnc(C(=O)N3CCC[C@H](C(=O)NCc4ccc(C)cc4)C3)s2)cc1. The number of nitrogens with one attached hydrogen (secondary N) is 2. The largest absolute Gasteiger partial charge is 0.497 e. The third kappa shape index (κ3) is 6.21. The Morgan fingerprint density at radius 2 is 1.77 bits per heavy atom. The molecule has 9 nitrogen and oxygen atoms in total. The van der Waals surface area contributed by atoms with Crippen LogP contribution in [0.15, 0.2) is 48.5 Å². The summed E-state index contributed by atoms with van der Waals surface area (Å²) in [5.74, 6) is -0.444. The number of aromatic nitrogens is 2. The second-order valence-corrected chi connectivity index (χ2v) is 9.37. The number of carbonyl (C=O) groups is 3. The lowest BCUT2D eigenvalue weighted by Gasteiger charge is -2.31. The fourth-order valence-electron chi connectivity index (χ4n) is 3.81. The number of carbonyl (C=O) groups excluding carboxylic acids is 3. The highest BCUT2D eigenvalue weighted by Gasteiger charge is 2.30. The Balaban J connectivity index is 1.32. The number of amides is 3. The van der Waals surface area contributed by atoms with Crippen LogP contribution in [-0.2, 0) is 11.3 Å². The number of piperidine rings is 1. The highest BCUT2D eigenvalue weighted by molar-refractivity contribution is 7.15. The Kier molecular flexibility index (Phi) is 7.71. The quantitative estimate of drug-likeness (QED) is 0.522. The topological polar surface area (TPSA) is 114 Å². The molecule has 0 unspecified atom stereocenters. The Bertz CT molecular complexity index is 1190. The second-order valence-electron chi connectivity index (χ2n) is 8.39. The van der Waals surface area contributed by atoms with Gasteiger partial charge in [0.25, 0.3) is 11.8 Å². The highest BCUT2D eigenvalue weighted by Crippen LogP contribution is 2.22. The maximum atomic E-state index is 13.0. The second kappa shape index (κ2) is 11.1. The summed E-state index contributed by atoms with van der Waals surface area (Å²) < 4.78 is 5.11. The molecule has 35 heavy (non-hydrogen) atoms. The van der Waals surface area contributed by atoms with E-state index in [0.717, 1.165) is 29.7 Å². The minimum Gasteiger partial charge on any atom is -0.497 e. The summed E-state index contributed by atoms with van der Waals surface area (Å²) in [5, 5.41) is 13.7. The van der Waals surface area contributed by atoms with Gasteiger partial charge in [0.1, 0.15) is 5.75 Å². The summed E-state index contributed by atoms with van der Waals surface area (Å²) in [6.45, 7) is 3.32. The molecular formula is C25H27N5O4S. The fraction of sp³-hybridized carbons (Fsp3) is 0.320. The molecule has 4 rings (SSSR count). The van der Waals surface area contributed by atoms with Crippen LogP contribution < -0.4 is 15.4 Å². The van der Waals surface area contributed by atoms with Crippen molar-refractivity contribution in [3.8, 4) is 5.75 Å². The zero-order valence-electron chi connectivity index (χ0n) is 19.6. The molecule has 1 atom stereocenters. The maximum absolute atomic E-state index is 13.0. The van der Waals surface area contributed by atoms with Gasteiger partial charge in [-0.2, -0.15) is 0 Å². The molecule has 1 fully saturated rings. The lowest BCUT2D eigenvalue weighted by Crippen LogP contribution is -2.45. The fourth-order valence-corrected chi connectivity index (χ4v) is 4.52. The van der Waals surface area contributed by atoms with E-state index in [1.165, 1.54) is 5.56 Å². The van der Waals surface area contributed by atoms with Crippen molar-refractivity contribution in [3.05, 3.63) is 69.7 Å². The van der Waals surface area contributed by atoms with Gasteiger partial charge in [-0.05, 0) is 49.6 Å². The standard InChI is InChI=1S/C25H27N5O4S/c1-16-5-7-17(8-6-16)14-26-21(31)18-4-3-13-30(15-18)25(33)24-29-28-23(35-24)22(32)27-19-9-11-20(34-2)12-10-19/h5-12,18H,3-4,13-15H2,1-2H3,(H,26,31)(H,27,32)/t18-/m0/s1. The number of ether oxygens (including phenoxy) is 1. The number of nitrogens with zero attached hydrogens (tertiary/aromatic N) is 3. The summed E-state index contributed by atoms with van der Waals surface area (Å²) in [6, 6.07) is 14.9. The normalized spacial score (nSPS) is 15.4. The molecule has 2 heterocycles. The molecule has 1 aliphatic rings. The predicted octanol–water partition coefficient (Wildman–Crippen LogP) is 3.28. The molecule has 2 N–H and O–H groups in total. The van der Waals surface area contributed by atoms with E-state index < -0.39 is 5.91 Å². The van der Waals surface area contributed by atoms with Gasteiger partial charge in [0.2, 0.25) is 15.9 Å². The van der Waals surface area contributed by atoms with E-state index in [9.17, 15) is 14.4 Å². The van der Waals surface area contributed by atoms with Gasteiger partial charge in [0, 0.05) is 25.3 Å². The van der Waals surface area contributed by atoms with E-state index in [0.29, 0.717) is 31.1 Å². The van der Waals surface area contributed by atoms with Crippen molar-refractivity contribution >= 4 is 34.7 Å². The van der Waals surface area contributed by atoms with Gasteiger partial charge >= 0.3 is 0 Å². The molecule has 1 aliphatic heterocycles. The molecule has 3 amide bonds. The molecule has 0 bridgehead atoms. The van der Waals surface area contributed by atoms with E-state index in [1.54, 1.807) is 36.3 Å². The summed E-state index contributed by atoms with van der Waals surface area (Å²) in [6.07, 6.45) is 1.44. The minimum absolute atomic E-state index is 0.0695. The van der Waals surface area contributed by atoms with Crippen LogP contribution in [0.5, 0.6) is 5.75 Å². The first-order valence-electron chi connectivity index (χ1n) is 11.3. The molecule has 1 aromatic heterocycles. The lowest BCUT2D eigenvalue weighted by molar-refractivity contribution is -0.126. The van der Waals surface area contributed by atoms with Gasteiger partial charge in [-0.3, -0.25) is 14.4 Å². The van der Waals surface area contributed by atoms with Crippen molar-refractivity contribution in [1.82, 2.24) is 20.4 Å². The number of hydrogen-bond donors (Lipinski definition) is 2. The number of methoxy groups -OCH3 is 1. The van der Waals surface area contributed by atoms with Gasteiger partial charge in [0.05, 0.1) is 13.0 Å². The maximum Gasteiger partial charge on any atom is 0.286 e. The molecule has 0 radical (unpaired) electrons. The Morgan fingerprint density at radius 1 is 1.06 bits per heavy atom. The van der Waals surface area contributed by atoms with Gasteiger partial charge in [0.15, 0.2) is 0 Å². The van der Waals surface area contributed by atoms with Crippen LogP contribution in [-0.4, -0.2) is 53.0 Å². The van der Waals surface area contributed by atoms with Crippen LogP contribution in [0.1, 0.15) is 43.6 Å².